The quantitative estimate of drug-likeness (QED) is 0.858. The molecule has 0 amide bonds. The second-order valence-electron chi connectivity index (χ2n) is 4.80. The SMILES string of the molecule is CCC1CN(Cc2nonc2C)C(CC)CN1. The maximum Gasteiger partial charge on any atom is 0.122 e. The molecule has 1 aromatic rings. The molecule has 2 unspecified atom stereocenters. The van der Waals surface area contributed by atoms with E-state index in [1.54, 1.807) is 0 Å². The van der Waals surface area contributed by atoms with Crippen LogP contribution in [0.4, 0.5) is 0 Å². The topological polar surface area (TPSA) is 54.2 Å². The molecule has 1 fully saturated rings. The lowest BCUT2D eigenvalue weighted by Crippen LogP contribution is -2.55. The number of hydrogen-bond donors (Lipinski definition) is 1. The van der Waals surface area contributed by atoms with Gasteiger partial charge in [0.05, 0.1) is 0 Å². The zero-order valence-corrected chi connectivity index (χ0v) is 10.9. The van der Waals surface area contributed by atoms with Gasteiger partial charge in [-0.2, -0.15) is 0 Å². The average molecular weight is 238 g/mol. The third-order valence-electron chi connectivity index (χ3n) is 3.68. The Bertz CT molecular complexity index is 352. The molecule has 1 aromatic heterocycles. The first-order chi connectivity index (χ1) is 8.24. The number of nitrogens with one attached hydrogen (secondary N) is 1. The van der Waals surface area contributed by atoms with Crippen LogP contribution in [-0.4, -0.2) is 40.4 Å². The first kappa shape index (κ1) is 12.5. The van der Waals surface area contributed by atoms with E-state index in [0.29, 0.717) is 12.1 Å². The zero-order chi connectivity index (χ0) is 12.3. The van der Waals surface area contributed by atoms with Crippen LogP contribution in [-0.2, 0) is 6.54 Å². The van der Waals surface area contributed by atoms with Crippen LogP contribution in [0.2, 0.25) is 0 Å². The summed E-state index contributed by atoms with van der Waals surface area (Å²) in [5, 5.41) is 11.4. The molecule has 2 rings (SSSR count). The Morgan fingerprint density at radius 2 is 2.18 bits per heavy atom. The highest BCUT2D eigenvalue weighted by Gasteiger charge is 2.26. The van der Waals surface area contributed by atoms with Gasteiger partial charge >= 0.3 is 0 Å². The van der Waals surface area contributed by atoms with Gasteiger partial charge in [-0.1, -0.05) is 24.2 Å². The molecule has 1 saturated heterocycles. The van der Waals surface area contributed by atoms with E-state index < -0.39 is 0 Å². The number of nitrogens with zero attached hydrogens (tertiary/aromatic N) is 3. The molecular formula is C12H22N4O. The molecule has 1 N–H and O–H groups in total. The first-order valence-corrected chi connectivity index (χ1v) is 6.50. The molecule has 5 heteroatoms. The van der Waals surface area contributed by atoms with Gasteiger partial charge in [-0.25, -0.2) is 4.63 Å². The summed E-state index contributed by atoms with van der Waals surface area (Å²) >= 11 is 0. The summed E-state index contributed by atoms with van der Waals surface area (Å²) in [5.74, 6) is 0. The van der Waals surface area contributed by atoms with Crippen LogP contribution in [0.3, 0.4) is 0 Å². The minimum Gasteiger partial charge on any atom is -0.311 e. The molecule has 5 nitrogen and oxygen atoms in total. The lowest BCUT2D eigenvalue weighted by Gasteiger charge is -2.39. The van der Waals surface area contributed by atoms with Crippen molar-refractivity contribution in [3.8, 4) is 0 Å². The summed E-state index contributed by atoms with van der Waals surface area (Å²) in [5.41, 5.74) is 1.88. The van der Waals surface area contributed by atoms with Gasteiger partial charge in [-0.15, -0.1) is 0 Å². The second-order valence-corrected chi connectivity index (χ2v) is 4.80. The predicted molar refractivity (Wildman–Crippen MR) is 65.6 cm³/mol. The van der Waals surface area contributed by atoms with Gasteiger partial charge in [0.25, 0.3) is 0 Å². The van der Waals surface area contributed by atoms with Crippen molar-refractivity contribution in [3.05, 3.63) is 11.4 Å². The first-order valence-electron chi connectivity index (χ1n) is 6.50. The van der Waals surface area contributed by atoms with E-state index in [-0.39, 0.29) is 0 Å². The van der Waals surface area contributed by atoms with Crippen LogP contribution in [0.25, 0.3) is 0 Å². The van der Waals surface area contributed by atoms with Gasteiger partial charge < -0.3 is 5.32 Å². The Morgan fingerprint density at radius 3 is 2.76 bits per heavy atom. The molecule has 0 saturated carbocycles. The molecule has 1 aliphatic rings. The van der Waals surface area contributed by atoms with Gasteiger partial charge in [0, 0.05) is 31.7 Å². The summed E-state index contributed by atoms with van der Waals surface area (Å²) < 4.78 is 4.77. The largest absolute Gasteiger partial charge is 0.311 e. The normalized spacial score (nSPS) is 26.3. The smallest absolute Gasteiger partial charge is 0.122 e. The molecule has 96 valence electrons. The Morgan fingerprint density at radius 1 is 1.35 bits per heavy atom. The van der Waals surface area contributed by atoms with E-state index in [1.165, 1.54) is 6.42 Å². The highest BCUT2D eigenvalue weighted by atomic mass is 16.6. The Kier molecular flexibility index (Phi) is 4.12. The van der Waals surface area contributed by atoms with Crippen LogP contribution < -0.4 is 5.32 Å². The summed E-state index contributed by atoms with van der Waals surface area (Å²) in [6.07, 6.45) is 2.33. The van der Waals surface area contributed by atoms with Crippen molar-refractivity contribution >= 4 is 0 Å². The number of rotatable bonds is 4. The van der Waals surface area contributed by atoms with E-state index in [1.807, 2.05) is 6.92 Å². The van der Waals surface area contributed by atoms with Crippen LogP contribution in [0.5, 0.6) is 0 Å². The highest BCUT2D eigenvalue weighted by Crippen LogP contribution is 2.16. The van der Waals surface area contributed by atoms with Crippen molar-refractivity contribution in [2.24, 2.45) is 0 Å². The Balaban J connectivity index is 2.03. The fraction of sp³-hybridized carbons (Fsp3) is 0.833. The maximum atomic E-state index is 4.77. The standard InChI is InChI=1S/C12H22N4O/c1-4-10-7-16(11(5-2)6-13-10)8-12-9(3)14-17-15-12/h10-11,13H,4-8H2,1-3H3. The number of aromatic nitrogens is 2. The summed E-state index contributed by atoms with van der Waals surface area (Å²) in [6.45, 7) is 9.42. The van der Waals surface area contributed by atoms with E-state index >= 15 is 0 Å². The fourth-order valence-electron chi connectivity index (χ4n) is 2.38. The highest BCUT2D eigenvalue weighted by molar-refractivity contribution is 5.05. The third-order valence-corrected chi connectivity index (χ3v) is 3.68. The lowest BCUT2D eigenvalue weighted by atomic mass is 10.0. The van der Waals surface area contributed by atoms with Crippen LogP contribution in [0, 0.1) is 6.92 Å². The zero-order valence-electron chi connectivity index (χ0n) is 10.9. The predicted octanol–water partition coefficient (Wildman–Crippen LogP) is 1.34. The molecule has 1 aliphatic heterocycles. The van der Waals surface area contributed by atoms with Gasteiger partial charge in [0.1, 0.15) is 11.4 Å². The van der Waals surface area contributed by atoms with Crippen molar-refractivity contribution in [2.75, 3.05) is 13.1 Å². The maximum absolute atomic E-state index is 4.77. The minimum absolute atomic E-state index is 0.592. The van der Waals surface area contributed by atoms with Crippen molar-refractivity contribution in [1.82, 2.24) is 20.5 Å². The molecule has 0 spiro atoms. The molecule has 0 aromatic carbocycles. The van der Waals surface area contributed by atoms with E-state index in [2.05, 4.69) is 34.4 Å². The van der Waals surface area contributed by atoms with Gasteiger partial charge in [-0.05, 0) is 19.8 Å². The molecule has 2 heterocycles. The van der Waals surface area contributed by atoms with Crippen LogP contribution in [0.1, 0.15) is 38.1 Å². The van der Waals surface area contributed by atoms with Crippen LogP contribution in [0.15, 0.2) is 4.63 Å². The summed E-state index contributed by atoms with van der Waals surface area (Å²) in [4.78, 5) is 2.50. The Labute approximate surface area is 103 Å². The number of aryl methyl sites for hydroxylation is 1. The van der Waals surface area contributed by atoms with Gasteiger partial charge in [0.2, 0.25) is 0 Å². The van der Waals surface area contributed by atoms with Crippen molar-refractivity contribution in [1.29, 1.82) is 0 Å². The minimum atomic E-state index is 0.592. The van der Waals surface area contributed by atoms with E-state index in [9.17, 15) is 0 Å². The van der Waals surface area contributed by atoms with Gasteiger partial charge in [0.15, 0.2) is 0 Å². The lowest BCUT2D eigenvalue weighted by molar-refractivity contribution is 0.114. The monoisotopic (exact) mass is 238 g/mol. The fourth-order valence-corrected chi connectivity index (χ4v) is 2.38. The molecular weight excluding hydrogens is 216 g/mol. The Hall–Kier alpha value is -0.940. The van der Waals surface area contributed by atoms with Crippen molar-refractivity contribution in [2.45, 2.75) is 52.2 Å². The molecule has 0 aliphatic carbocycles. The van der Waals surface area contributed by atoms with Gasteiger partial charge in [-0.3, -0.25) is 4.90 Å². The van der Waals surface area contributed by atoms with Crippen LogP contribution >= 0.6 is 0 Å². The number of hydrogen-bond acceptors (Lipinski definition) is 5. The number of piperazine rings is 1. The third kappa shape index (κ3) is 2.84. The summed E-state index contributed by atoms with van der Waals surface area (Å²) in [7, 11) is 0. The summed E-state index contributed by atoms with van der Waals surface area (Å²) in [6, 6.07) is 1.19. The molecule has 17 heavy (non-hydrogen) atoms. The van der Waals surface area contributed by atoms with E-state index in [4.69, 9.17) is 4.63 Å². The van der Waals surface area contributed by atoms with Crippen molar-refractivity contribution in [3.63, 3.8) is 0 Å². The molecule has 0 bridgehead atoms. The van der Waals surface area contributed by atoms with E-state index in [0.717, 1.165) is 37.4 Å². The second kappa shape index (κ2) is 5.60. The average Bonchev–Trinajstić information content (AvgIpc) is 2.75. The van der Waals surface area contributed by atoms with Crippen molar-refractivity contribution < 1.29 is 4.63 Å². The molecule has 0 radical (unpaired) electrons. The molecule has 2 atom stereocenters.